The Labute approximate surface area is 117 Å². The zero-order chi connectivity index (χ0) is 15.0. The lowest BCUT2D eigenvalue weighted by Gasteiger charge is -2.13. The Morgan fingerprint density at radius 2 is 2.00 bits per heavy atom. The van der Waals surface area contributed by atoms with E-state index in [-0.39, 0.29) is 12.3 Å². The first-order valence-electron chi connectivity index (χ1n) is 6.17. The van der Waals surface area contributed by atoms with Crippen LogP contribution >= 0.6 is 0 Å². The average molecular weight is 281 g/mol. The first kappa shape index (κ1) is 15.9. The maximum atomic E-state index is 11.8. The maximum Gasteiger partial charge on any atom is 0.321 e. The summed E-state index contributed by atoms with van der Waals surface area (Å²) >= 11 is 0. The molecule has 7 heteroatoms. The molecule has 0 radical (unpaired) electrons. The number of nitrogens with two attached hydrogens (primary N) is 1. The SMILES string of the molecule is COc1ccc(NC(=O)C[C@@H](NCCN)C(=O)O)cc1. The van der Waals surface area contributed by atoms with Crippen LogP contribution in [0.4, 0.5) is 5.69 Å². The molecule has 1 aromatic rings. The summed E-state index contributed by atoms with van der Waals surface area (Å²) in [6.07, 6.45) is -0.165. The van der Waals surface area contributed by atoms with Crippen molar-refractivity contribution in [3.8, 4) is 5.75 Å². The number of benzene rings is 1. The van der Waals surface area contributed by atoms with Gasteiger partial charge in [-0.25, -0.2) is 0 Å². The summed E-state index contributed by atoms with van der Waals surface area (Å²) < 4.78 is 5.00. The van der Waals surface area contributed by atoms with E-state index in [0.717, 1.165) is 0 Å². The van der Waals surface area contributed by atoms with Crippen LogP contribution in [0.15, 0.2) is 24.3 Å². The molecular weight excluding hydrogens is 262 g/mol. The van der Waals surface area contributed by atoms with Crippen LogP contribution in [0.3, 0.4) is 0 Å². The number of rotatable bonds is 8. The summed E-state index contributed by atoms with van der Waals surface area (Å²) in [6, 6.07) is 5.82. The molecule has 0 aliphatic heterocycles. The van der Waals surface area contributed by atoms with Crippen LogP contribution in [0, 0.1) is 0 Å². The number of aliphatic carboxylic acids is 1. The van der Waals surface area contributed by atoms with E-state index < -0.39 is 12.0 Å². The monoisotopic (exact) mass is 281 g/mol. The molecule has 20 heavy (non-hydrogen) atoms. The predicted octanol–water partition coefficient (Wildman–Crippen LogP) is 0.0253. The van der Waals surface area contributed by atoms with Crippen molar-refractivity contribution in [1.29, 1.82) is 0 Å². The first-order chi connectivity index (χ1) is 9.56. The fourth-order valence-electron chi connectivity index (χ4n) is 1.58. The number of hydrogen-bond acceptors (Lipinski definition) is 5. The third-order valence-electron chi connectivity index (χ3n) is 2.60. The van der Waals surface area contributed by atoms with Gasteiger partial charge in [-0.05, 0) is 24.3 Å². The van der Waals surface area contributed by atoms with Crippen molar-refractivity contribution in [3.05, 3.63) is 24.3 Å². The van der Waals surface area contributed by atoms with Gasteiger partial charge in [-0.15, -0.1) is 0 Å². The zero-order valence-electron chi connectivity index (χ0n) is 11.3. The molecule has 0 bridgehead atoms. The van der Waals surface area contributed by atoms with Gasteiger partial charge in [-0.3, -0.25) is 9.59 Å². The van der Waals surface area contributed by atoms with Crippen molar-refractivity contribution in [2.24, 2.45) is 5.73 Å². The highest BCUT2D eigenvalue weighted by molar-refractivity contribution is 5.94. The van der Waals surface area contributed by atoms with E-state index in [4.69, 9.17) is 15.6 Å². The second kappa shape index (κ2) is 8.13. The van der Waals surface area contributed by atoms with E-state index in [1.807, 2.05) is 0 Å². The highest BCUT2D eigenvalue weighted by Gasteiger charge is 2.20. The molecule has 1 atom stereocenters. The average Bonchev–Trinajstić information content (AvgIpc) is 2.44. The van der Waals surface area contributed by atoms with E-state index in [1.54, 1.807) is 31.4 Å². The lowest BCUT2D eigenvalue weighted by molar-refractivity contribution is -0.141. The molecule has 1 rings (SSSR count). The Hall–Kier alpha value is -2.12. The molecule has 0 aliphatic rings. The number of carboxylic acid groups (broad SMARTS) is 1. The molecule has 0 fully saturated rings. The number of amides is 1. The van der Waals surface area contributed by atoms with Crippen molar-refractivity contribution in [2.45, 2.75) is 12.5 Å². The molecule has 110 valence electrons. The zero-order valence-corrected chi connectivity index (χ0v) is 11.3. The summed E-state index contributed by atoms with van der Waals surface area (Å²) in [4.78, 5) is 22.7. The van der Waals surface area contributed by atoms with Crippen molar-refractivity contribution in [2.75, 3.05) is 25.5 Å². The van der Waals surface area contributed by atoms with Gasteiger partial charge in [-0.1, -0.05) is 0 Å². The predicted molar refractivity (Wildman–Crippen MR) is 74.7 cm³/mol. The van der Waals surface area contributed by atoms with E-state index in [2.05, 4.69) is 10.6 Å². The van der Waals surface area contributed by atoms with Crippen LogP contribution in [-0.4, -0.2) is 43.2 Å². The maximum absolute atomic E-state index is 11.8. The van der Waals surface area contributed by atoms with Crippen LogP contribution in [-0.2, 0) is 9.59 Å². The molecule has 0 unspecified atom stereocenters. The number of carbonyl (C=O) groups is 2. The standard InChI is InChI=1S/C13H19N3O4/c1-20-10-4-2-9(3-5-10)16-12(17)8-11(13(18)19)15-7-6-14/h2-5,11,15H,6-8,14H2,1H3,(H,16,17)(H,18,19)/t11-/m1/s1. The van der Waals surface area contributed by atoms with Crippen molar-refractivity contribution in [1.82, 2.24) is 5.32 Å². The molecule has 1 amide bonds. The Morgan fingerprint density at radius 1 is 1.35 bits per heavy atom. The normalized spacial score (nSPS) is 11.7. The molecular formula is C13H19N3O4. The fraction of sp³-hybridized carbons (Fsp3) is 0.385. The van der Waals surface area contributed by atoms with Crippen LogP contribution in [0.5, 0.6) is 5.75 Å². The van der Waals surface area contributed by atoms with Crippen molar-refractivity contribution in [3.63, 3.8) is 0 Å². The number of methoxy groups -OCH3 is 1. The molecule has 7 nitrogen and oxygen atoms in total. The molecule has 0 saturated carbocycles. The van der Waals surface area contributed by atoms with Gasteiger partial charge in [0.25, 0.3) is 0 Å². The van der Waals surface area contributed by atoms with E-state index in [1.165, 1.54) is 0 Å². The van der Waals surface area contributed by atoms with E-state index in [0.29, 0.717) is 24.5 Å². The summed E-state index contributed by atoms with van der Waals surface area (Å²) in [5.74, 6) is -0.786. The lowest BCUT2D eigenvalue weighted by Crippen LogP contribution is -2.41. The van der Waals surface area contributed by atoms with Gasteiger partial charge in [0.15, 0.2) is 0 Å². The minimum atomic E-state index is -1.08. The van der Waals surface area contributed by atoms with Gasteiger partial charge in [-0.2, -0.15) is 0 Å². The summed E-state index contributed by atoms with van der Waals surface area (Å²) in [7, 11) is 1.55. The van der Waals surface area contributed by atoms with Crippen molar-refractivity contribution >= 4 is 17.6 Å². The quantitative estimate of drug-likeness (QED) is 0.534. The highest BCUT2D eigenvalue weighted by Crippen LogP contribution is 2.15. The summed E-state index contributed by atoms with van der Waals surface area (Å²) in [5, 5.41) is 14.3. The summed E-state index contributed by atoms with van der Waals surface area (Å²) in [5.41, 5.74) is 5.87. The van der Waals surface area contributed by atoms with Gasteiger partial charge >= 0.3 is 5.97 Å². The fourth-order valence-corrected chi connectivity index (χ4v) is 1.58. The molecule has 0 heterocycles. The summed E-state index contributed by atoms with van der Waals surface area (Å²) in [6.45, 7) is 0.649. The third-order valence-corrected chi connectivity index (χ3v) is 2.60. The van der Waals surface area contributed by atoms with Gasteiger partial charge in [0.05, 0.1) is 13.5 Å². The second-order valence-electron chi connectivity index (χ2n) is 4.11. The van der Waals surface area contributed by atoms with E-state index >= 15 is 0 Å². The minimum absolute atomic E-state index is 0.165. The molecule has 0 aromatic heterocycles. The Morgan fingerprint density at radius 3 is 2.50 bits per heavy atom. The lowest BCUT2D eigenvalue weighted by atomic mass is 10.2. The highest BCUT2D eigenvalue weighted by atomic mass is 16.5. The van der Waals surface area contributed by atoms with Gasteiger partial charge < -0.3 is 26.2 Å². The molecule has 0 spiro atoms. The number of hydrogen-bond donors (Lipinski definition) is 4. The number of ether oxygens (including phenoxy) is 1. The van der Waals surface area contributed by atoms with Gasteiger partial charge in [0, 0.05) is 18.8 Å². The Bertz CT molecular complexity index is 447. The van der Waals surface area contributed by atoms with Crippen LogP contribution in [0.1, 0.15) is 6.42 Å². The van der Waals surface area contributed by atoms with Crippen molar-refractivity contribution < 1.29 is 19.4 Å². The minimum Gasteiger partial charge on any atom is -0.497 e. The number of anilines is 1. The number of nitrogens with one attached hydrogen (secondary N) is 2. The first-order valence-corrected chi connectivity index (χ1v) is 6.17. The number of carbonyl (C=O) groups excluding carboxylic acids is 1. The second-order valence-corrected chi connectivity index (χ2v) is 4.11. The molecule has 5 N–H and O–H groups in total. The molecule has 1 aromatic carbocycles. The molecule has 0 saturated heterocycles. The molecule has 0 aliphatic carbocycles. The van der Waals surface area contributed by atoms with Crippen LogP contribution in [0.25, 0.3) is 0 Å². The van der Waals surface area contributed by atoms with Gasteiger partial charge in [0.1, 0.15) is 11.8 Å². The van der Waals surface area contributed by atoms with Crippen LogP contribution < -0.4 is 21.1 Å². The Balaban J connectivity index is 2.53. The smallest absolute Gasteiger partial charge is 0.321 e. The van der Waals surface area contributed by atoms with Gasteiger partial charge in [0.2, 0.25) is 5.91 Å². The topological polar surface area (TPSA) is 114 Å². The number of carboxylic acids is 1. The third kappa shape index (κ3) is 5.25. The van der Waals surface area contributed by atoms with E-state index in [9.17, 15) is 9.59 Å². The van der Waals surface area contributed by atoms with Crippen LogP contribution in [0.2, 0.25) is 0 Å². The Kier molecular flexibility index (Phi) is 6.48. The largest absolute Gasteiger partial charge is 0.497 e.